The molecule has 1 rings (SSSR count). The Bertz CT molecular complexity index is 698. The van der Waals surface area contributed by atoms with Crippen molar-refractivity contribution >= 4 is 15.9 Å². The highest BCUT2D eigenvalue weighted by Gasteiger charge is 2.40. The van der Waals surface area contributed by atoms with Gasteiger partial charge in [0.25, 0.3) is 5.91 Å². The summed E-state index contributed by atoms with van der Waals surface area (Å²) in [6.07, 6.45) is -4.95. The molecule has 10 heteroatoms. The van der Waals surface area contributed by atoms with Crippen LogP contribution in [0.1, 0.15) is 29.8 Å². The largest absolute Gasteiger partial charge is 0.497 e. The molecule has 0 radical (unpaired) electrons. The van der Waals surface area contributed by atoms with Crippen molar-refractivity contribution in [3.63, 3.8) is 0 Å². The number of sulfonamides is 1. The normalized spacial score (nSPS) is 12.1. The van der Waals surface area contributed by atoms with Crippen molar-refractivity contribution in [1.82, 2.24) is 4.90 Å². The third-order valence-corrected chi connectivity index (χ3v) is 4.12. The fourth-order valence-electron chi connectivity index (χ4n) is 2.05. The van der Waals surface area contributed by atoms with E-state index in [-0.39, 0.29) is 18.8 Å². The number of amides is 1. The van der Waals surface area contributed by atoms with E-state index in [0.29, 0.717) is 6.07 Å². The quantitative estimate of drug-likeness (QED) is 0.874. The van der Waals surface area contributed by atoms with Crippen molar-refractivity contribution in [1.29, 1.82) is 0 Å². The molecule has 0 saturated heterocycles. The zero-order valence-electron chi connectivity index (χ0n) is 12.8. The lowest BCUT2D eigenvalue weighted by Crippen LogP contribution is -2.34. The van der Waals surface area contributed by atoms with Gasteiger partial charge in [-0.05, 0) is 19.9 Å². The summed E-state index contributed by atoms with van der Waals surface area (Å²) >= 11 is 0. The second-order valence-corrected chi connectivity index (χ2v) is 6.10. The smallest absolute Gasteiger partial charge is 0.417 e. The van der Waals surface area contributed by atoms with E-state index in [2.05, 4.69) is 4.74 Å². The Kier molecular flexibility index (Phi) is 5.65. The molecule has 0 spiro atoms. The highest BCUT2D eigenvalue weighted by atomic mass is 32.2. The Morgan fingerprint density at radius 1 is 1.26 bits per heavy atom. The fourth-order valence-corrected chi connectivity index (χ4v) is 2.81. The SMILES string of the molecule is CCN(CC)C(=O)c1c(C(F)(F)F)cc(OC)cc1S(N)(=O)=O. The van der Waals surface area contributed by atoms with Crippen molar-refractivity contribution < 1.29 is 31.1 Å². The number of ether oxygens (including phenoxy) is 1. The zero-order chi connectivity index (χ0) is 18.0. The van der Waals surface area contributed by atoms with E-state index in [4.69, 9.17) is 5.14 Å². The molecule has 1 aromatic carbocycles. The van der Waals surface area contributed by atoms with Crippen LogP contribution < -0.4 is 9.88 Å². The van der Waals surface area contributed by atoms with Gasteiger partial charge < -0.3 is 9.64 Å². The Morgan fingerprint density at radius 3 is 2.13 bits per heavy atom. The van der Waals surface area contributed by atoms with Crippen molar-refractivity contribution in [3.05, 3.63) is 23.3 Å². The molecule has 0 aromatic heterocycles. The number of hydrogen-bond acceptors (Lipinski definition) is 4. The molecule has 0 aliphatic heterocycles. The molecule has 1 aromatic rings. The van der Waals surface area contributed by atoms with E-state index >= 15 is 0 Å². The zero-order valence-corrected chi connectivity index (χ0v) is 13.6. The summed E-state index contributed by atoms with van der Waals surface area (Å²) in [5.74, 6) is -1.42. The van der Waals surface area contributed by atoms with Crippen LogP contribution in [0.15, 0.2) is 17.0 Å². The fraction of sp³-hybridized carbons (Fsp3) is 0.462. The minimum Gasteiger partial charge on any atom is -0.497 e. The first-order chi connectivity index (χ1) is 10.5. The predicted molar refractivity (Wildman–Crippen MR) is 76.6 cm³/mol. The third-order valence-electron chi connectivity index (χ3n) is 3.19. The van der Waals surface area contributed by atoms with Gasteiger partial charge in [0, 0.05) is 19.2 Å². The van der Waals surface area contributed by atoms with Gasteiger partial charge in [0.05, 0.1) is 23.1 Å². The van der Waals surface area contributed by atoms with Gasteiger partial charge in [0.1, 0.15) is 5.75 Å². The number of hydrogen-bond donors (Lipinski definition) is 1. The molecule has 0 aliphatic carbocycles. The minimum absolute atomic E-state index is 0.114. The molecule has 0 fully saturated rings. The summed E-state index contributed by atoms with van der Waals surface area (Å²) < 4.78 is 68.0. The van der Waals surface area contributed by atoms with Gasteiger partial charge >= 0.3 is 6.18 Å². The van der Waals surface area contributed by atoms with E-state index in [0.717, 1.165) is 18.1 Å². The molecule has 1 amide bonds. The van der Waals surface area contributed by atoms with Crippen molar-refractivity contribution in [2.45, 2.75) is 24.9 Å². The number of benzene rings is 1. The molecule has 23 heavy (non-hydrogen) atoms. The van der Waals surface area contributed by atoms with Crippen LogP contribution in [0.4, 0.5) is 13.2 Å². The molecule has 0 bridgehead atoms. The van der Waals surface area contributed by atoms with Gasteiger partial charge in [-0.25, -0.2) is 13.6 Å². The summed E-state index contributed by atoms with van der Waals surface area (Å²) in [7, 11) is -3.49. The van der Waals surface area contributed by atoms with E-state index in [9.17, 15) is 26.4 Å². The second kappa shape index (κ2) is 6.75. The first kappa shape index (κ1) is 19.2. The number of halogens is 3. The molecule has 0 aliphatic rings. The number of alkyl halides is 3. The van der Waals surface area contributed by atoms with Gasteiger partial charge in [-0.15, -0.1) is 0 Å². The summed E-state index contributed by atoms with van der Waals surface area (Å²) in [6.45, 7) is 3.36. The Balaban J connectivity index is 3.86. The van der Waals surface area contributed by atoms with Crippen molar-refractivity contribution in [3.8, 4) is 5.75 Å². The highest BCUT2D eigenvalue weighted by Crippen LogP contribution is 2.38. The lowest BCUT2D eigenvalue weighted by molar-refractivity contribution is -0.138. The Labute approximate surface area is 132 Å². The molecule has 0 atom stereocenters. The second-order valence-electron chi connectivity index (χ2n) is 4.57. The number of methoxy groups -OCH3 is 1. The van der Waals surface area contributed by atoms with Crippen LogP contribution >= 0.6 is 0 Å². The standard InChI is InChI=1S/C13H17F3N2O4S/c1-4-18(5-2)12(19)11-9(13(14,15)16)6-8(22-3)7-10(11)23(17,20)21/h6-7H,4-5H2,1-3H3,(H2,17,20,21). The van der Waals surface area contributed by atoms with Gasteiger partial charge in [0.15, 0.2) is 0 Å². The first-order valence-corrected chi connectivity index (χ1v) is 8.13. The summed E-state index contributed by atoms with van der Waals surface area (Å²) in [4.78, 5) is 12.6. The monoisotopic (exact) mass is 354 g/mol. The Morgan fingerprint density at radius 2 is 1.78 bits per heavy atom. The van der Waals surface area contributed by atoms with Crippen LogP contribution in [0.3, 0.4) is 0 Å². The van der Waals surface area contributed by atoms with Gasteiger partial charge in [-0.3, -0.25) is 4.79 Å². The van der Waals surface area contributed by atoms with Gasteiger partial charge in [-0.2, -0.15) is 13.2 Å². The van der Waals surface area contributed by atoms with Crippen LogP contribution in [0.5, 0.6) is 5.75 Å². The molecule has 2 N–H and O–H groups in total. The maximum Gasteiger partial charge on any atom is 0.417 e. The van der Waals surface area contributed by atoms with Gasteiger partial charge in [0.2, 0.25) is 10.0 Å². The number of primary sulfonamides is 1. The third kappa shape index (κ3) is 4.14. The summed E-state index contributed by atoms with van der Waals surface area (Å²) in [5, 5.41) is 4.99. The highest BCUT2D eigenvalue weighted by molar-refractivity contribution is 7.89. The van der Waals surface area contributed by atoms with Crippen molar-refractivity contribution in [2.75, 3.05) is 20.2 Å². The number of nitrogens with zero attached hydrogens (tertiary/aromatic N) is 1. The van der Waals surface area contributed by atoms with E-state index in [1.165, 1.54) is 0 Å². The topological polar surface area (TPSA) is 89.7 Å². The average Bonchev–Trinajstić information content (AvgIpc) is 2.45. The molecular formula is C13H17F3N2O4S. The van der Waals surface area contributed by atoms with E-state index < -0.39 is 38.1 Å². The van der Waals surface area contributed by atoms with Crippen LogP contribution in [0, 0.1) is 0 Å². The molecule has 0 unspecified atom stereocenters. The molecule has 130 valence electrons. The maximum absolute atomic E-state index is 13.3. The molecule has 0 saturated carbocycles. The first-order valence-electron chi connectivity index (χ1n) is 6.58. The van der Waals surface area contributed by atoms with Crippen LogP contribution in [-0.2, 0) is 16.2 Å². The summed E-state index contributed by atoms with van der Waals surface area (Å²) in [6, 6.07) is 1.38. The number of rotatable bonds is 5. The van der Waals surface area contributed by atoms with Crippen LogP contribution in [0.2, 0.25) is 0 Å². The number of carbonyl (C=O) groups is 1. The predicted octanol–water partition coefficient (Wildman–Crippen LogP) is 1.84. The molecule has 6 nitrogen and oxygen atoms in total. The van der Waals surface area contributed by atoms with Crippen LogP contribution in [-0.4, -0.2) is 39.4 Å². The minimum atomic E-state index is -4.95. The number of nitrogens with two attached hydrogens (primary N) is 1. The van der Waals surface area contributed by atoms with Crippen LogP contribution in [0.25, 0.3) is 0 Å². The lowest BCUT2D eigenvalue weighted by atomic mass is 10.0. The van der Waals surface area contributed by atoms with E-state index in [1.54, 1.807) is 13.8 Å². The molecule has 0 heterocycles. The summed E-state index contributed by atoms with van der Waals surface area (Å²) in [5.41, 5.74) is -2.40. The maximum atomic E-state index is 13.3. The van der Waals surface area contributed by atoms with Gasteiger partial charge in [-0.1, -0.05) is 0 Å². The average molecular weight is 354 g/mol. The van der Waals surface area contributed by atoms with E-state index in [1.807, 2.05) is 0 Å². The lowest BCUT2D eigenvalue weighted by Gasteiger charge is -2.23. The van der Waals surface area contributed by atoms with Crippen molar-refractivity contribution in [2.24, 2.45) is 5.14 Å². The molecular weight excluding hydrogens is 337 g/mol. The Hall–Kier alpha value is -1.81. The number of carbonyl (C=O) groups excluding carboxylic acids is 1.